The van der Waals surface area contributed by atoms with Crippen molar-refractivity contribution in [1.29, 1.82) is 5.41 Å². The fraction of sp³-hybridized carbons (Fsp3) is 0.462. The lowest BCUT2D eigenvalue weighted by Gasteiger charge is -2.05. The SMILES string of the molecule is CCCCc1ccc(C(=N)OCC)cc1. The van der Waals surface area contributed by atoms with E-state index in [1.807, 2.05) is 19.1 Å². The molecule has 1 aromatic rings. The molecule has 15 heavy (non-hydrogen) atoms. The predicted octanol–water partition coefficient (Wildman–Crippen LogP) is 3.39. The van der Waals surface area contributed by atoms with Gasteiger partial charge >= 0.3 is 0 Å². The molecule has 1 N–H and O–H groups in total. The van der Waals surface area contributed by atoms with Crippen LogP contribution in [0.1, 0.15) is 37.8 Å². The summed E-state index contributed by atoms with van der Waals surface area (Å²) in [6.07, 6.45) is 3.57. The number of aryl methyl sites for hydroxylation is 1. The Morgan fingerprint density at radius 2 is 1.87 bits per heavy atom. The van der Waals surface area contributed by atoms with Crippen LogP contribution in [0.25, 0.3) is 0 Å². The van der Waals surface area contributed by atoms with Gasteiger partial charge < -0.3 is 4.74 Å². The first-order valence-electron chi connectivity index (χ1n) is 5.58. The summed E-state index contributed by atoms with van der Waals surface area (Å²) in [6.45, 7) is 4.64. The summed E-state index contributed by atoms with van der Waals surface area (Å²) in [4.78, 5) is 0. The van der Waals surface area contributed by atoms with Crippen molar-refractivity contribution in [2.24, 2.45) is 0 Å². The summed E-state index contributed by atoms with van der Waals surface area (Å²) in [6, 6.07) is 8.09. The first-order valence-corrected chi connectivity index (χ1v) is 5.58. The van der Waals surface area contributed by atoms with Crippen LogP contribution in [0.3, 0.4) is 0 Å². The molecule has 1 aromatic carbocycles. The van der Waals surface area contributed by atoms with Crippen LogP contribution in [-0.4, -0.2) is 12.5 Å². The molecule has 0 saturated heterocycles. The minimum absolute atomic E-state index is 0.263. The second kappa shape index (κ2) is 6.23. The highest BCUT2D eigenvalue weighted by Crippen LogP contribution is 2.08. The van der Waals surface area contributed by atoms with E-state index < -0.39 is 0 Å². The van der Waals surface area contributed by atoms with E-state index in [1.165, 1.54) is 18.4 Å². The van der Waals surface area contributed by atoms with Crippen LogP contribution in [0.5, 0.6) is 0 Å². The summed E-state index contributed by atoms with van der Waals surface area (Å²) in [5.41, 5.74) is 2.20. The van der Waals surface area contributed by atoms with Gasteiger partial charge in [-0.1, -0.05) is 25.5 Å². The minimum atomic E-state index is 0.263. The Morgan fingerprint density at radius 1 is 1.20 bits per heavy atom. The van der Waals surface area contributed by atoms with Gasteiger partial charge in [0.25, 0.3) is 0 Å². The topological polar surface area (TPSA) is 33.1 Å². The Hall–Kier alpha value is -1.31. The van der Waals surface area contributed by atoms with Crippen LogP contribution < -0.4 is 0 Å². The molecule has 2 nitrogen and oxygen atoms in total. The largest absolute Gasteiger partial charge is 0.478 e. The first kappa shape index (κ1) is 11.8. The fourth-order valence-corrected chi connectivity index (χ4v) is 1.43. The van der Waals surface area contributed by atoms with Gasteiger partial charge in [0.2, 0.25) is 5.90 Å². The molecule has 0 aromatic heterocycles. The van der Waals surface area contributed by atoms with Crippen molar-refractivity contribution in [3.05, 3.63) is 35.4 Å². The van der Waals surface area contributed by atoms with Crippen molar-refractivity contribution in [2.75, 3.05) is 6.61 Å². The molecule has 0 spiro atoms. The molecule has 0 aliphatic heterocycles. The second-order valence-electron chi connectivity index (χ2n) is 3.56. The number of unbranched alkanes of at least 4 members (excludes halogenated alkanes) is 1. The lowest BCUT2D eigenvalue weighted by Crippen LogP contribution is -2.04. The van der Waals surface area contributed by atoms with Crippen molar-refractivity contribution in [2.45, 2.75) is 33.1 Å². The van der Waals surface area contributed by atoms with Gasteiger partial charge in [0, 0.05) is 5.56 Å². The van der Waals surface area contributed by atoms with Crippen molar-refractivity contribution in [3.8, 4) is 0 Å². The first-order chi connectivity index (χ1) is 7.27. The van der Waals surface area contributed by atoms with E-state index in [2.05, 4.69) is 19.1 Å². The highest BCUT2D eigenvalue weighted by atomic mass is 16.5. The Balaban J connectivity index is 2.59. The molecule has 0 saturated carbocycles. The molecule has 82 valence electrons. The standard InChI is InChI=1S/C13H19NO/c1-3-5-6-11-7-9-12(10-8-11)13(14)15-4-2/h7-10,14H,3-6H2,1-2H3. The minimum Gasteiger partial charge on any atom is -0.478 e. The molecule has 2 heteroatoms. The third-order valence-electron chi connectivity index (χ3n) is 2.32. The second-order valence-corrected chi connectivity index (χ2v) is 3.56. The Bertz CT molecular complexity index is 303. The number of nitrogens with one attached hydrogen (secondary N) is 1. The Morgan fingerprint density at radius 3 is 2.40 bits per heavy atom. The quantitative estimate of drug-likeness (QED) is 0.580. The molecular formula is C13H19NO. The third kappa shape index (κ3) is 3.74. The number of rotatable bonds is 5. The van der Waals surface area contributed by atoms with Crippen LogP contribution in [0.2, 0.25) is 0 Å². The van der Waals surface area contributed by atoms with E-state index >= 15 is 0 Å². The number of benzene rings is 1. The molecule has 0 atom stereocenters. The van der Waals surface area contributed by atoms with E-state index in [1.54, 1.807) is 0 Å². The van der Waals surface area contributed by atoms with Crippen LogP contribution in [-0.2, 0) is 11.2 Å². The van der Waals surface area contributed by atoms with E-state index in [4.69, 9.17) is 10.1 Å². The maximum absolute atomic E-state index is 7.62. The molecule has 0 radical (unpaired) electrons. The average molecular weight is 205 g/mol. The molecule has 0 unspecified atom stereocenters. The highest BCUT2D eigenvalue weighted by Gasteiger charge is 2.01. The van der Waals surface area contributed by atoms with E-state index in [-0.39, 0.29) is 5.90 Å². The van der Waals surface area contributed by atoms with Gasteiger partial charge in [-0.2, -0.15) is 0 Å². The van der Waals surface area contributed by atoms with Gasteiger partial charge in [-0.3, -0.25) is 5.41 Å². The number of hydrogen-bond acceptors (Lipinski definition) is 2. The Labute approximate surface area is 91.8 Å². The van der Waals surface area contributed by atoms with Gasteiger partial charge in [0.1, 0.15) is 0 Å². The lowest BCUT2D eigenvalue weighted by molar-refractivity contribution is 0.325. The summed E-state index contributed by atoms with van der Waals surface area (Å²) in [7, 11) is 0. The molecule has 0 heterocycles. The summed E-state index contributed by atoms with van der Waals surface area (Å²) < 4.78 is 5.13. The van der Waals surface area contributed by atoms with Crippen molar-refractivity contribution < 1.29 is 4.74 Å². The van der Waals surface area contributed by atoms with Gasteiger partial charge in [-0.15, -0.1) is 0 Å². The van der Waals surface area contributed by atoms with E-state index in [9.17, 15) is 0 Å². The average Bonchev–Trinajstić information content (AvgIpc) is 2.27. The zero-order valence-corrected chi connectivity index (χ0v) is 9.55. The maximum atomic E-state index is 7.62. The lowest BCUT2D eigenvalue weighted by atomic mass is 10.1. The normalized spacial score (nSPS) is 10.0. The fourth-order valence-electron chi connectivity index (χ4n) is 1.43. The number of hydrogen-bond donors (Lipinski definition) is 1. The predicted molar refractivity (Wildman–Crippen MR) is 63.5 cm³/mol. The van der Waals surface area contributed by atoms with Crippen LogP contribution >= 0.6 is 0 Å². The van der Waals surface area contributed by atoms with Crippen molar-refractivity contribution in [3.63, 3.8) is 0 Å². The summed E-state index contributed by atoms with van der Waals surface area (Å²) >= 11 is 0. The van der Waals surface area contributed by atoms with Gasteiger partial charge in [0.15, 0.2) is 0 Å². The molecule has 0 aliphatic carbocycles. The smallest absolute Gasteiger partial charge is 0.213 e. The summed E-state index contributed by atoms with van der Waals surface area (Å²) in [5, 5.41) is 7.62. The summed E-state index contributed by atoms with van der Waals surface area (Å²) in [5.74, 6) is 0.263. The molecule has 0 aliphatic rings. The number of ether oxygens (including phenoxy) is 1. The molecule has 0 amide bonds. The van der Waals surface area contributed by atoms with Crippen molar-refractivity contribution >= 4 is 5.90 Å². The van der Waals surface area contributed by atoms with Crippen molar-refractivity contribution in [1.82, 2.24) is 0 Å². The molecule has 0 fully saturated rings. The third-order valence-corrected chi connectivity index (χ3v) is 2.32. The van der Waals surface area contributed by atoms with E-state index in [0.717, 1.165) is 12.0 Å². The maximum Gasteiger partial charge on any atom is 0.213 e. The van der Waals surface area contributed by atoms with E-state index in [0.29, 0.717) is 6.61 Å². The Kier molecular flexibility index (Phi) is 4.88. The van der Waals surface area contributed by atoms with Gasteiger partial charge in [0.05, 0.1) is 6.61 Å². The zero-order valence-electron chi connectivity index (χ0n) is 9.55. The van der Waals surface area contributed by atoms with Crippen LogP contribution in [0.4, 0.5) is 0 Å². The molecular weight excluding hydrogens is 186 g/mol. The molecule has 0 bridgehead atoms. The van der Waals surface area contributed by atoms with Gasteiger partial charge in [-0.05, 0) is 37.5 Å². The monoisotopic (exact) mass is 205 g/mol. The van der Waals surface area contributed by atoms with Crippen LogP contribution in [0.15, 0.2) is 24.3 Å². The van der Waals surface area contributed by atoms with Crippen LogP contribution in [0, 0.1) is 5.41 Å². The molecule has 1 rings (SSSR count). The zero-order chi connectivity index (χ0) is 11.1. The van der Waals surface area contributed by atoms with Gasteiger partial charge in [-0.25, -0.2) is 0 Å². The highest BCUT2D eigenvalue weighted by molar-refractivity contribution is 5.91.